The standard InChI is InChI=1S/C23H20N2O2S/c1-16-6-2-4-8-20(16)27-15-22(26)24-14-17-10-12-18(13-11-17)23-25-19-7-3-5-9-21(19)28-23/h2-13H,14-15H2,1H3,(H,24,26). The molecule has 0 aliphatic heterocycles. The molecule has 0 aliphatic rings. The molecule has 4 aromatic rings. The number of ether oxygens (including phenoxy) is 1. The van der Waals surface area contributed by atoms with Crippen LogP contribution >= 0.6 is 11.3 Å². The van der Waals surface area contributed by atoms with Gasteiger partial charge in [-0.05, 0) is 36.2 Å². The summed E-state index contributed by atoms with van der Waals surface area (Å²) in [5, 5.41) is 3.90. The molecule has 0 spiro atoms. The lowest BCUT2D eigenvalue weighted by atomic mass is 10.1. The third-order valence-electron chi connectivity index (χ3n) is 4.44. The van der Waals surface area contributed by atoms with Gasteiger partial charge in [0.05, 0.1) is 10.2 Å². The second-order valence-corrected chi connectivity index (χ2v) is 7.55. The average molecular weight is 388 g/mol. The zero-order chi connectivity index (χ0) is 19.3. The number of hydrogen-bond donors (Lipinski definition) is 1. The van der Waals surface area contributed by atoms with Gasteiger partial charge in [0.1, 0.15) is 10.8 Å². The first-order valence-electron chi connectivity index (χ1n) is 9.09. The number of aryl methyl sites for hydroxylation is 1. The predicted octanol–water partition coefficient (Wildman–Crippen LogP) is 4.97. The van der Waals surface area contributed by atoms with Gasteiger partial charge in [-0.1, -0.05) is 54.6 Å². The maximum absolute atomic E-state index is 12.0. The number of nitrogens with zero attached hydrogens (tertiary/aromatic N) is 1. The lowest BCUT2D eigenvalue weighted by Crippen LogP contribution is -2.28. The third-order valence-corrected chi connectivity index (χ3v) is 5.52. The Kier molecular flexibility index (Phi) is 5.35. The summed E-state index contributed by atoms with van der Waals surface area (Å²) in [6, 6.07) is 23.9. The largest absolute Gasteiger partial charge is 0.484 e. The van der Waals surface area contributed by atoms with Crippen molar-refractivity contribution in [3.8, 4) is 16.3 Å². The number of carbonyl (C=O) groups is 1. The molecule has 0 radical (unpaired) electrons. The normalized spacial score (nSPS) is 10.8. The zero-order valence-corrected chi connectivity index (χ0v) is 16.3. The summed E-state index contributed by atoms with van der Waals surface area (Å²) >= 11 is 1.68. The van der Waals surface area contributed by atoms with E-state index in [0.29, 0.717) is 6.54 Å². The van der Waals surface area contributed by atoms with Gasteiger partial charge in [-0.25, -0.2) is 4.98 Å². The molecule has 0 saturated heterocycles. The number of benzene rings is 3. The van der Waals surface area contributed by atoms with Gasteiger partial charge in [0, 0.05) is 12.1 Å². The van der Waals surface area contributed by atoms with Gasteiger partial charge in [-0.3, -0.25) is 4.79 Å². The van der Waals surface area contributed by atoms with Gasteiger partial charge in [-0.15, -0.1) is 11.3 Å². The van der Waals surface area contributed by atoms with E-state index in [9.17, 15) is 4.79 Å². The second kappa shape index (κ2) is 8.23. The molecule has 0 atom stereocenters. The van der Waals surface area contributed by atoms with Crippen LogP contribution in [-0.4, -0.2) is 17.5 Å². The summed E-state index contributed by atoms with van der Waals surface area (Å²) in [6.07, 6.45) is 0. The smallest absolute Gasteiger partial charge is 0.258 e. The number of thiazole rings is 1. The van der Waals surface area contributed by atoms with E-state index in [1.54, 1.807) is 11.3 Å². The Morgan fingerprint density at radius 3 is 2.54 bits per heavy atom. The van der Waals surface area contributed by atoms with Gasteiger partial charge >= 0.3 is 0 Å². The Bertz CT molecular complexity index is 1070. The Morgan fingerprint density at radius 1 is 1.00 bits per heavy atom. The molecule has 0 bridgehead atoms. The van der Waals surface area contributed by atoms with Crippen LogP contribution in [0.2, 0.25) is 0 Å². The molecule has 0 fully saturated rings. The molecule has 0 unspecified atom stereocenters. The number of carbonyl (C=O) groups excluding carboxylic acids is 1. The Balaban J connectivity index is 1.33. The van der Waals surface area contributed by atoms with Gasteiger partial charge in [-0.2, -0.15) is 0 Å². The van der Waals surface area contributed by atoms with E-state index in [1.165, 1.54) is 4.70 Å². The van der Waals surface area contributed by atoms with Crippen molar-refractivity contribution in [3.05, 3.63) is 83.9 Å². The highest BCUT2D eigenvalue weighted by Crippen LogP contribution is 2.29. The first kappa shape index (κ1) is 18.2. The molecule has 3 aromatic carbocycles. The van der Waals surface area contributed by atoms with Crippen LogP contribution in [0.4, 0.5) is 0 Å². The number of aromatic nitrogens is 1. The lowest BCUT2D eigenvalue weighted by Gasteiger charge is -2.09. The molecule has 0 aliphatic carbocycles. The fraction of sp³-hybridized carbons (Fsp3) is 0.130. The highest BCUT2D eigenvalue weighted by molar-refractivity contribution is 7.21. The fourth-order valence-corrected chi connectivity index (χ4v) is 3.85. The molecule has 1 N–H and O–H groups in total. The summed E-state index contributed by atoms with van der Waals surface area (Å²) < 4.78 is 6.76. The third kappa shape index (κ3) is 4.21. The van der Waals surface area contributed by atoms with Crippen LogP contribution in [0.1, 0.15) is 11.1 Å². The van der Waals surface area contributed by atoms with E-state index in [2.05, 4.69) is 16.4 Å². The van der Waals surface area contributed by atoms with Crippen molar-refractivity contribution in [1.82, 2.24) is 10.3 Å². The van der Waals surface area contributed by atoms with E-state index < -0.39 is 0 Å². The van der Waals surface area contributed by atoms with Crippen LogP contribution < -0.4 is 10.1 Å². The Labute approximate surface area is 167 Å². The number of hydrogen-bond acceptors (Lipinski definition) is 4. The Hall–Kier alpha value is -3.18. The average Bonchev–Trinajstić information content (AvgIpc) is 3.16. The number of amides is 1. The van der Waals surface area contributed by atoms with Crippen LogP contribution in [0.25, 0.3) is 20.8 Å². The molecular weight excluding hydrogens is 368 g/mol. The topological polar surface area (TPSA) is 51.2 Å². The number of nitrogens with one attached hydrogen (secondary N) is 1. The van der Waals surface area contributed by atoms with Crippen LogP contribution in [0.15, 0.2) is 72.8 Å². The summed E-state index contributed by atoms with van der Waals surface area (Å²) in [7, 11) is 0. The van der Waals surface area contributed by atoms with Crippen molar-refractivity contribution in [2.24, 2.45) is 0 Å². The fourth-order valence-electron chi connectivity index (χ4n) is 2.87. The number of para-hydroxylation sites is 2. The maximum atomic E-state index is 12.0. The summed E-state index contributed by atoms with van der Waals surface area (Å²) in [4.78, 5) is 16.7. The summed E-state index contributed by atoms with van der Waals surface area (Å²) in [5.41, 5.74) is 4.15. The second-order valence-electron chi connectivity index (χ2n) is 6.51. The monoisotopic (exact) mass is 388 g/mol. The molecule has 28 heavy (non-hydrogen) atoms. The molecule has 4 nitrogen and oxygen atoms in total. The van der Waals surface area contributed by atoms with E-state index in [4.69, 9.17) is 4.74 Å². The molecule has 1 aromatic heterocycles. The minimum atomic E-state index is -0.140. The Morgan fingerprint density at radius 2 is 1.75 bits per heavy atom. The van der Waals surface area contributed by atoms with E-state index in [-0.39, 0.29) is 12.5 Å². The first-order chi connectivity index (χ1) is 13.7. The van der Waals surface area contributed by atoms with Crippen LogP contribution in [0.5, 0.6) is 5.75 Å². The van der Waals surface area contributed by atoms with Crippen molar-refractivity contribution in [3.63, 3.8) is 0 Å². The van der Waals surface area contributed by atoms with Crippen LogP contribution in [-0.2, 0) is 11.3 Å². The molecule has 1 heterocycles. The van der Waals surface area contributed by atoms with Crippen molar-refractivity contribution in [2.45, 2.75) is 13.5 Å². The van der Waals surface area contributed by atoms with E-state index in [1.807, 2.05) is 73.7 Å². The van der Waals surface area contributed by atoms with Crippen molar-refractivity contribution in [2.75, 3.05) is 6.61 Å². The number of rotatable bonds is 6. The molecule has 0 saturated carbocycles. The molecule has 1 amide bonds. The van der Waals surface area contributed by atoms with Crippen LogP contribution in [0.3, 0.4) is 0 Å². The number of fused-ring (bicyclic) bond motifs is 1. The SMILES string of the molecule is Cc1ccccc1OCC(=O)NCc1ccc(-c2nc3ccccc3s2)cc1. The highest BCUT2D eigenvalue weighted by Gasteiger charge is 2.07. The highest BCUT2D eigenvalue weighted by atomic mass is 32.1. The van der Waals surface area contributed by atoms with Crippen molar-refractivity contribution < 1.29 is 9.53 Å². The van der Waals surface area contributed by atoms with Crippen molar-refractivity contribution >= 4 is 27.5 Å². The molecular formula is C23H20N2O2S. The predicted molar refractivity (Wildman–Crippen MR) is 114 cm³/mol. The van der Waals surface area contributed by atoms with Gasteiger partial charge in [0.2, 0.25) is 0 Å². The quantitative estimate of drug-likeness (QED) is 0.507. The van der Waals surface area contributed by atoms with E-state index >= 15 is 0 Å². The van der Waals surface area contributed by atoms with Crippen LogP contribution in [0, 0.1) is 6.92 Å². The zero-order valence-electron chi connectivity index (χ0n) is 15.5. The molecule has 140 valence electrons. The minimum Gasteiger partial charge on any atom is -0.484 e. The summed E-state index contributed by atoms with van der Waals surface area (Å²) in [6.45, 7) is 2.44. The first-order valence-corrected chi connectivity index (χ1v) is 9.91. The maximum Gasteiger partial charge on any atom is 0.258 e. The molecule has 5 heteroatoms. The lowest BCUT2D eigenvalue weighted by molar-refractivity contribution is -0.123. The minimum absolute atomic E-state index is 0.00857. The van der Waals surface area contributed by atoms with Gasteiger partial charge in [0.15, 0.2) is 6.61 Å². The van der Waals surface area contributed by atoms with Gasteiger partial charge in [0.25, 0.3) is 5.91 Å². The van der Waals surface area contributed by atoms with Crippen molar-refractivity contribution in [1.29, 1.82) is 0 Å². The van der Waals surface area contributed by atoms with Gasteiger partial charge < -0.3 is 10.1 Å². The summed E-state index contributed by atoms with van der Waals surface area (Å²) in [5.74, 6) is 0.594. The van der Waals surface area contributed by atoms with E-state index in [0.717, 1.165) is 33.0 Å². The molecule has 4 rings (SSSR count).